The molecule has 2 unspecified atom stereocenters. The van der Waals surface area contributed by atoms with E-state index in [2.05, 4.69) is 26.0 Å². The lowest BCUT2D eigenvalue weighted by molar-refractivity contribution is -0.138. The van der Waals surface area contributed by atoms with Crippen LogP contribution in [0.5, 0.6) is 11.6 Å². The van der Waals surface area contributed by atoms with Gasteiger partial charge in [0, 0.05) is 11.3 Å². The third kappa shape index (κ3) is 5.49. The normalized spacial score (nSPS) is 16.4. The maximum absolute atomic E-state index is 12.8. The molecule has 2 aromatic heterocycles. The quantitative estimate of drug-likeness (QED) is 0.383. The van der Waals surface area contributed by atoms with Crippen LogP contribution in [0.25, 0.3) is 0 Å². The second-order valence-corrected chi connectivity index (χ2v) is 9.38. The molecule has 0 saturated heterocycles. The first kappa shape index (κ1) is 25.1. The predicted molar refractivity (Wildman–Crippen MR) is 122 cm³/mol. The number of fused-ring (bicyclic) bond motifs is 1. The first-order chi connectivity index (χ1) is 16.5. The van der Waals surface area contributed by atoms with Crippen LogP contribution in [0.4, 0.5) is 18.9 Å². The topological polar surface area (TPSA) is 118 Å². The number of alkyl halides is 3. The highest BCUT2D eigenvalue weighted by Crippen LogP contribution is 2.40. The van der Waals surface area contributed by atoms with E-state index in [1.807, 2.05) is 0 Å². The summed E-state index contributed by atoms with van der Waals surface area (Å²) in [4.78, 5) is 15.3. The Morgan fingerprint density at radius 3 is 2.60 bits per heavy atom. The van der Waals surface area contributed by atoms with Gasteiger partial charge in [-0.2, -0.15) is 18.3 Å². The molecule has 0 spiro atoms. The van der Waals surface area contributed by atoms with Gasteiger partial charge in [0.2, 0.25) is 5.88 Å². The minimum Gasteiger partial charge on any atom is -0.480 e. The van der Waals surface area contributed by atoms with Crippen molar-refractivity contribution in [3.8, 4) is 11.6 Å². The molecule has 0 amide bonds. The Bertz CT molecular complexity index is 1270. The fourth-order valence-corrected chi connectivity index (χ4v) is 5.05. The van der Waals surface area contributed by atoms with E-state index in [1.54, 1.807) is 0 Å². The van der Waals surface area contributed by atoms with Crippen LogP contribution in [-0.4, -0.2) is 34.6 Å². The fraction of sp³-hybridized carbons (Fsp3) is 0.286. The van der Waals surface area contributed by atoms with Gasteiger partial charge in [0.1, 0.15) is 12.3 Å². The van der Waals surface area contributed by atoms with Crippen LogP contribution in [0.1, 0.15) is 35.7 Å². The number of hydrogen-bond acceptors (Lipinski definition) is 5. The second-order valence-electron chi connectivity index (χ2n) is 7.67. The Balaban J connectivity index is 1.60. The molecule has 0 fully saturated rings. The number of pyridine rings is 1. The van der Waals surface area contributed by atoms with Gasteiger partial charge < -0.3 is 9.84 Å². The number of aliphatic carboxylic acids is 1. The van der Waals surface area contributed by atoms with Gasteiger partial charge in [-0.1, -0.05) is 0 Å². The van der Waals surface area contributed by atoms with Crippen LogP contribution in [0.15, 0.2) is 47.2 Å². The fourth-order valence-electron chi connectivity index (χ4n) is 3.92. The molecule has 2 heterocycles. The smallest absolute Gasteiger partial charge is 0.416 e. The number of ether oxygens (including phenoxy) is 1. The minimum absolute atomic E-state index is 0.0517. The average molecular weight is 575 g/mol. The molecule has 1 aliphatic carbocycles. The van der Waals surface area contributed by atoms with Crippen molar-refractivity contribution in [2.24, 2.45) is 0 Å². The van der Waals surface area contributed by atoms with Gasteiger partial charge >= 0.3 is 12.1 Å². The van der Waals surface area contributed by atoms with Crippen LogP contribution in [0, 0.1) is 0 Å². The van der Waals surface area contributed by atoms with Crippen molar-refractivity contribution >= 4 is 38.9 Å². The minimum atomic E-state index is -4.47. The van der Waals surface area contributed by atoms with E-state index in [-0.39, 0.29) is 23.9 Å². The Kier molecular flexibility index (Phi) is 7.15. The van der Waals surface area contributed by atoms with Gasteiger partial charge in [-0.15, -0.1) is 0 Å². The molecule has 4 rings (SSSR count). The van der Waals surface area contributed by atoms with Crippen molar-refractivity contribution in [3.63, 3.8) is 0 Å². The van der Waals surface area contributed by atoms with E-state index in [0.717, 1.165) is 24.3 Å². The average Bonchev–Trinajstić information content (AvgIpc) is 3.18. The van der Waals surface area contributed by atoms with E-state index in [4.69, 9.17) is 9.84 Å². The molecule has 1 aliphatic rings. The van der Waals surface area contributed by atoms with E-state index in [1.165, 1.54) is 27.4 Å². The molecule has 0 aliphatic heterocycles. The molecular weight excluding hydrogens is 557 g/mol. The zero-order valence-electron chi connectivity index (χ0n) is 17.8. The van der Waals surface area contributed by atoms with Crippen LogP contribution < -0.4 is 9.04 Å². The first-order valence-corrected chi connectivity index (χ1v) is 12.1. The van der Waals surface area contributed by atoms with Crippen molar-refractivity contribution in [2.45, 2.75) is 38.0 Å². The monoisotopic (exact) mass is 574 g/mol. The summed E-state index contributed by atoms with van der Waals surface area (Å²) in [6.45, 7) is -0.312. The SMILES string of the molecule is O=C(O)Cn1ncc2c1CCCC2N(c1cnc(Oc2ccc(C(F)(F)F)cc2)c(Br)c1)S(=O)O. The number of nitrogens with zero attached hydrogens (tertiary/aromatic N) is 4. The highest BCUT2D eigenvalue weighted by molar-refractivity contribution is 9.10. The van der Waals surface area contributed by atoms with Crippen molar-refractivity contribution < 1.29 is 36.6 Å². The lowest BCUT2D eigenvalue weighted by atomic mass is 9.92. The number of halogens is 4. The predicted octanol–water partition coefficient (Wildman–Crippen LogP) is 4.96. The summed E-state index contributed by atoms with van der Waals surface area (Å²) < 4.78 is 69.2. The van der Waals surface area contributed by atoms with Crippen molar-refractivity contribution in [1.82, 2.24) is 14.8 Å². The summed E-state index contributed by atoms with van der Waals surface area (Å²) >= 11 is 0.846. The number of benzene rings is 1. The molecule has 0 saturated carbocycles. The van der Waals surface area contributed by atoms with Gasteiger partial charge in [0.05, 0.1) is 34.2 Å². The van der Waals surface area contributed by atoms with Crippen LogP contribution in [-0.2, 0) is 35.2 Å². The largest absolute Gasteiger partial charge is 0.480 e. The highest BCUT2D eigenvalue weighted by atomic mass is 79.9. The summed E-state index contributed by atoms with van der Waals surface area (Å²) in [5.74, 6) is -0.863. The zero-order chi connectivity index (χ0) is 25.3. The van der Waals surface area contributed by atoms with Crippen LogP contribution >= 0.6 is 15.9 Å². The Morgan fingerprint density at radius 1 is 1.29 bits per heavy atom. The Labute approximate surface area is 208 Å². The number of aromatic nitrogens is 3. The van der Waals surface area contributed by atoms with Gasteiger partial charge in [0.25, 0.3) is 11.3 Å². The molecule has 186 valence electrons. The first-order valence-electron chi connectivity index (χ1n) is 10.2. The molecule has 35 heavy (non-hydrogen) atoms. The van der Waals surface area contributed by atoms with E-state index >= 15 is 0 Å². The lowest BCUT2D eigenvalue weighted by Gasteiger charge is -2.32. The maximum atomic E-state index is 12.8. The number of hydrogen-bond donors (Lipinski definition) is 2. The second kappa shape index (κ2) is 9.95. The Hall–Kier alpha value is -2.97. The molecule has 3 aromatic rings. The standard InChI is InChI=1S/C21H18BrF3N4O5S/c22-16-8-13(9-26-20(16)34-14-6-4-12(5-7-14)21(23,24)25)29(35(32)33)18-3-1-2-17-15(18)10-27-28(17)11-19(30)31/h4-10,18H,1-3,11H2,(H,30,31)(H,32,33). The summed E-state index contributed by atoms with van der Waals surface area (Å²) in [5.41, 5.74) is 0.808. The third-order valence-corrected chi connectivity index (χ3v) is 6.78. The van der Waals surface area contributed by atoms with Gasteiger partial charge in [0.15, 0.2) is 0 Å². The third-order valence-electron chi connectivity index (χ3n) is 5.41. The Morgan fingerprint density at radius 2 is 2.00 bits per heavy atom. The molecule has 9 nitrogen and oxygen atoms in total. The molecule has 0 radical (unpaired) electrons. The molecule has 1 aromatic carbocycles. The van der Waals surface area contributed by atoms with Gasteiger partial charge in [-0.3, -0.25) is 18.3 Å². The summed E-state index contributed by atoms with van der Waals surface area (Å²) in [5, 5.41) is 13.2. The van der Waals surface area contributed by atoms with Crippen molar-refractivity contribution in [2.75, 3.05) is 4.31 Å². The van der Waals surface area contributed by atoms with E-state index in [0.29, 0.717) is 35.0 Å². The molecule has 0 bridgehead atoms. The zero-order valence-corrected chi connectivity index (χ0v) is 20.2. The molecule has 2 atom stereocenters. The number of carbonyl (C=O) groups is 1. The van der Waals surface area contributed by atoms with Crippen LogP contribution in [0.3, 0.4) is 0 Å². The molecule has 2 N–H and O–H groups in total. The number of carboxylic acids is 1. The molecular formula is C21H18BrF3N4O5S. The summed E-state index contributed by atoms with van der Waals surface area (Å²) in [7, 11) is 0. The number of anilines is 1. The highest BCUT2D eigenvalue weighted by Gasteiger charge is 2.33. The van der Waals surface area contributed by atoms with Crippen molar-refractivity contribution in [1.29, 1.82) is 0 Å². The van der Waals surface area contributed by atoms with Crippen molar-refractivity contribution in [3.05, 3.63) is 64.0 Å². The summed E-state index contributed by atoms with van der Waals surface area (Å²) in [6.07, 6.45) is 0.124. The van der Waals surface area contributed by atoms with Crippen LogP contribution in [0.2, 0.25) is 0 Å². The van der Waals surface area contributed by atoms with Gasteiger partial charge in [-0.05, 0) is 65.5 Å². The lowest BCUT2D eigenvalue weighted by Crippen LogP contribution is -2.33. The summed E-state index contributed by atoms with van der Waals surface area (Å²) in [6, 6.07) is 5.06. The number of carboxylic acid groups (broad SMARTS) is 1. The van der Waals surface area contributed by atoms with Gasteiger partial charge in [-0.25, -0.2) is 9.19 Å². The number of rotatable bonds is 7. The molecule has 14 heteroatoms. The van der Waals surface area contributed by atoms with E-state index in [9.17, 15) is 26.7 Å². The maximum Gasteiger partial charge on any atom is 0.416 e. The van der Waals surface area contributed by atoms with E-state index < -0.39 is 35.0 Å².